The van der Waals surface area contributed by atoms with Gasteiger partial charge in [-0.15, -0.1) is 0 Å². The van der Waals surface area contributed by atoms with Gasteiger partial charge in [-0.05, 0) is 12.5 Å². The van der Waals surface area contributed by atoms with Gasteiger partial charge in [-0.25, -0.2) is 5.12 Å². The molecule has 1 fully saturated rings. The number of aliphatic hydroxyl groups excluding tert-OH is 1. The predicted molar refractivity (Wildman–Crippen MR) is 49.9 cm³/mol. The highest BCUT2D eigenvalue weighted by molar-refractivity contribution is 5.71. The zero-order valence-corrected chi connectivity index (χ0v) is 7.35. The van der Waals surface area contributed by atoms with Crippen molar-refractivity contribution in [3.8, 4) is 0 Å². The van der Waals surface area contributed by atoms with Crippen LogP contribution in [0.1, 0.15) is 6.42 Å². The largest absolute Gasteiger partial charge is 0.392 e. The lowest BCUT2D eigenvalue weighted by atomic mass is 10.1. The normalized spacial score (nSPS) is 33.2. The van der Waals surface area contributed by atoms with E-state index in [0.717, 1.165) is 13.0 Å². The number of nitrogens with zero attached hydrogens (tertiary/aromatic N) is 2. The Hall–Kier alpha value is -1.07. The molecule has 13 heavy (non-hydrogen) atoms. The lowest BCUT2D eigenvalue weighted by Gasteiger charge is -2.34. The Bertz CT molecular complexity index is 228. The summed E-state index contributed by atoms with van der Waals surface area (Å²) in [6.45, 7) is 1.54. The number of rotatable bonds is 1. The maximum atomic E-state index is 9.42. The first-order chi connectivity index (χ1) is 6.36. The topological polar surface area (TPSA) is 59.9 Å². The summed E-state index contributed by atoms with van der Waals surface area (Å²) < 4.78 is 0. The van der Waals surface area contributed by atoms with Crippen molar-refractivity contribution in [2.75, 3.05) is 13.1 Å². The van der Waals surface area contributed by atoms with E-state index in [2.05, 4.69) is 15.8 Å². The van der Waals surface area contributed by atoms with Crippen LogP contribution in [0.3, 0.4) is 0 Å². The van der Waals surface area contributed by atoms with Crippen LogP contribution in [-0.4, -0.2) is 41.7 Å². The lowest BCUT2D eigenvalue weighted by molar-refractivity contribution is 0.0569. The molecule has 2 aliphatic rings. The van der Waals surface area contributed by atoms with Crippen molar-refractivity contribution >= 4 is 6.21 Å². The Morgan fingerprint density at radius 3 is 3.08 bits per heavy atom. The van der Waals surface area contributed by atoms with Crippen LogP contribution >= 0.6 is 0 Å². The standard InChI is InChI=1S/C8H14N4O/c13-8-4-7(5-9-6-8)12-10-2-1-3-11-12/h1-3,7-10,13H,4-6H2. The SMILES string of the molecule is OC1CNCC(N2N=CC=CN2)C1. The molecule has 2 heterocycles. The molecule has 2 aliphatic heterocycles. The molecule has 0 aliphatic carbocycles. The number of allylic oxidation sites excluding steroid dienone is 1. The zero-order chi connectivity index (χ0) is 9.10. The molecule has 5 heteroatoms. The monoisotopic (exact) mass is 182 g/mol. The van der Waals surface area contributed by atoms with Gasteiger partial charge in [0, 0.05) is 19.3 Å². The molecule has 1 saturated heterocycles. The minimum absolute atomic E-state index is 0.227. The van der Waals surface area contributed by atoms with Crippen LogP contribution in [-0.2, 0) is 0 Å². The van der Waals surface area contributed by atoms with E-state index in [-0.39, 0.29) is 12.1 Å². The van der Waals surface area contributed by atoms with Crippen molar-refractivity contribution in [3.63, 3.8) is 0 Å². The van der Waals surface area contributed by atoms with E-state index in [1.807, 2.05) is 12.3 Å². The number of nitrogens with one attached hydrogen (secondary N) is 2. The average molecular weight is 182 g/mol. The number of hydrogen-bond donors (Lipinski definition) is 3. The molecule has 0 radical (unpaired) electrons. The van der Waals surface area contributed by atoms with Crippen molar-refractivity contribution < 1.29 is 5.11 Å². The fraction of sp³-hybridized carbons (Fsp3) is 0.625. The first-order valence-electron chi connectivity index (χ1n) is 4.49. The number of hydrazone groups is 1. The number of piperidine rings is 1. The van der Waals surface area contributed by atoms with Gasteiger partial charge >= 0.3 is 0 Å². The van der Waals surface area contributed by atoms with Gasteiger partial charge < -0.3 is 10.4 Å². The predicted octanol–water partition coefficient (Wildman–Crippen LogP) is -0.971. The van der Waals surface area contributed by atoms with Crippen molar-refractivity contribution in [1.29, 1.82) is 0 Å². The summed E-state index contributed by atoms with van der Waals surface area (Å²) >= 11 is 0. The molecule has 0 aromatic rings. The molecule has 2 atom stereocenters. The van der Waals surface area contributed by atoms with E-state index in [9.17, 15) is 5.11 Å². The summed E-state index contributed by atoms with van der Waals surface area (Å²) in [5.41, 5.74) is 3.01. The molecule has 2 rings (SSSR count). The quantitative estimate of drug-likeness (QED) is 0.488. The summed E-state index contributed by atoms with van der Waals surface area (Å²) in [5.74, 6) is 0. The second kappa shape index (κ2) is 3.76. The van der Waals surface area contributed by atoms with Crippen LogP contribution in [0.15, 0.2) is 17.4 Å². The second-order valence-corrected chi connectivity index (χ2v) is 3.30. The van der Waals surface area contributed by atoms with Crippen molar-refractivity contribution in [1.82, 2.24) is 15.9 Å². The molecular weight excluding hydrogens is 168 g/mol. The number of aliphatic hydroxyl groups is 1. The molecular formula is C8H14N4O. The molecule has 72 valence electrons. The van der Waals surface area contributed by atoms with Crippen LogP contribution in [0, 0.1) is 0 Å². The molecule has 0 bridgehead atoms. The number of hydrazine groups is 1. The van der Waals surface area contributed by atoms with E-state index in [0.29, 0.717) is 6.54 Å². The Balaban J connectivity index is 1.92. The Morgan fingerprint density at radius 2 is 2.38 bits per heavy atom. The van der Waals surface area contributed by atoms with Crippen molar-refractivity contribution in [2.45, 2.75) is 18.6 Å². The minimum atomic E-state index is -0.262. The fourth-order valence-electron chi connectivity index (χ4n) is 1.59. The van der Waals surface area contributed by atoms with E-state index < -0.39 is 0 Å². The van der Waals surface area contributed by atoms with Gasteiger partial charge in [0.05, 0.1) is 18.4 Å². The fourth-order valence-corrected chi connectivity index (χ4v) is 1.59. The van der Waals surface area contributed by atoms with Crippen LogP contribution in [0.25, 0.3) is 0 Å². The summed E-state index contributed by atoms with van der Waals surface area (Å²) in [4.78, 5) is 0. The first-order valence-corrected chi connectivity index (χ1v) is 4.49. The Labute approximate surface area is 77.1 Å². The van der Waals surface area contributed by atoms with Gasteiger partial charge in [0.15, 0.2) is 0 Å². The lowest BCUT2D eigenvalue weighted by Crippen LogP contribution is -2.52. The highest BCUT2D eigenvalue weighted by Crippen LogP contribution is 2.09. The van der Waals surface area contributed by atoms with Gasteiger partial charge in [-0.3, -0.25) is 5.43 Å². The third kappa shape index (κ3) is 1.99. The zero-order valence-electron chi connectivity index (χ0n) is 7.35. The molecule has 0 amide bonds. The maximum Gasteiger partial charge on any atom is 0.0843 e. The van der Waals surface area contributed by atoms with E-state index in [1.54, 1.807) is 11.3 Å². The van der Waals surface area contributed by atoms with E-state index in [4.69, 9.17) is 0 Å². The highest BCUT2D eigenvalue weighted by Gasteiger charge is 2.24. The second-order valence-electron chi connectivity index (χ2n) is 3.30. The van der Waals surface area contributed by atoms with Crippen molar-refractivity contribution in [2.24, 2.45) is 5.10 Å². The van der Waals surface area contributed by atoms with Gasteiger partial charge in [-0.2, -0.15) is 5.10 Å². The third-order valence-corrected chi connectivity index (χ3v) is 2.23. The van der Waals surface area contributed by atoms with Gasteiger partial charge in [0.1, 0.15) is 0 Å². The maximum absolute atomic E-state index is 9.42. The minimum Gasteiger partial charge on any atom is -0.392 e. The third-order valence-electron chi connectivity index (χ3n) is 2.23. The Morgan fingerprint density at radius 1 is 1.46 bits per heavy atom. The van der Waals surface area contributed by atoms with Crippen molar-refractivity contribution in [3.05, 3.63) is 12.3 Å². The average Bonchev–Trinajstić information content (AvgIpc) is 2.19. The summed E-state index contributed by atoms with van der Waals surface area (Å²) in [6, 6.07) is 0.227. The van der Waals surface area contributed by atoms with Crippen LogP contribution < -0.4 is 10.7 Å². The van der Waals surface area contributed by atoms with Gasteiger partial charge in [0.2, 0.25) is 0 Å². The smallest absolute Gasteiger partial charge is 0.0843 e. The first kappa shape index (κ1) is 8.52. The molecule has 0 saturated carbocycles. The molecule has 3 N–H and O–H groups in total. The summed E-state index contributed by atoms with van der Waals surface area (Å²) in [7, 11) is 0. The number of β-amino-alcohol motifs (C(OH)–C–C–N with tert-alkyl or cyclic N) is 1. The van der Waals surface area contributed by atoms with Crippen LogP contribution in [0.5, 0.6) is 0 Å². The van der Waals surface area contributed by atoms with E-state index >= 15 is 0 Å². The van der Waals surface area contributed by atoms with Crippen LogP contribution in [0.4, 0.5) is 0 Å². The van der Waals surface area contributed by atoms with Gasteiger partial charge in [-0.1, -0.05) is 0 Å². The number of hydrogen-bond acceptors (Lipinski definition) is 5. The summed E-state index contributed by atoms with van der Waals surface area (Å²) in [5, 5.41) is 18.5. The molecule has 0 aromatic carbocycles. The molecule has 5 nitrogen and oxygen atoms in total. The molecule has 0 spiro atoms. The summed E-state index contributed by atoms with van der Waals surface area (Å²) in [6.07, 6.45) is 5.89. The Kier molecular flexibility index (Phi) is 2.47. The molecule has 0 aromatic heterocycles. The highest BCUT2D eigenvalue weighted by atomic mass is 16.3. The van der Waals surface area contributed by atoms with Crippen LogP contribution in [0.2, 0.25) is 0 Å². The van der Waals surface area contributed by atoms with Gasteiger partial charge in [0.25, 0.3) is 0 Å². The molecule has 2 unspecified atom stereocenters. The van der Waals surface area contributed by atoms with E-state index in [1.165, 1.54) is 0 Å².